The summed E-state index contributed by atoms with van der Waals surface area (Å²) in [6, 6.07) is 9.37. The fourth-order valence-electron chi connectivity index (χ4n) is 3.22. The molecule has 2 N–H and O–H groups in total. The van der Waals surface area contributed by atoms with E-state index in [-0.39, 0.29) is 0 Å². The van der Waals surface area contributed by atoms with Crippen LogP contribution in [0.25, 0.3) is 0 Å². The summed E-state index contributed by atoms with van der Waals surface area (Å²) in [5.41, 5.74) is 1.76. The van der Waals surface area contributed by atoms with Crippen molar-refractivity contribution in [1.29, 1.82) is 0 Å². The lowest BCUT2D eigenvalue weighted by atomic mass is 10.1. The van der Waals surface area contributed by atoms with Gasteiger partial charge < -0.3 is 24.6 Å². The maximum Gasteiger partial charge on any atom is 0.194 e. The van der Waals surface area contributed by atoms with Gasteiger partial charge >= 0.3 is 0 Å². The largest absolute Gasteiger partial charge is 0.497 e. The van der Waals surface area contributed by atoms with Crippen molar-refractivity contribution >= 4 is 5.96 Å². The van der Waals surface area contributed by atoms with Gasteiger partial charge in [-0.3, -0.25) is 9.89 Å². The van der Waals surface area contributed by atoms with Gasteiger partial charge in [0, 0.05) is 45.3 Å². The van der Waals surface area contributed by atoms with Gasteiger partial charge in [-0.25, -0.2) is 0 Å². The predicted molar refractivity (Wildman–Crippen MR) is 107 cm³/mol. The van der Waals surface area contributed by atoms with Crippen LogP contribution in [0.4, 0.5) is 0 Å². The Morgan fingerprint density at radius 3 is 2.82 bits per heavy atom. The number of nitrogens with one attached hydrogen (secondary N) is 1. The maximum atomic E-state index is 10.5. The van der Waals surface area contributed by atoms with E-state index in [1.807, 2.05) is 30.3 Å². The highest BCUT2D eigenvalue weighted by Gasteiger charge is 2.20. The quantitative estimate of drug-likeness (QED) is 0.550. The minimum Gasteiger partial charge on any atom is -0.497 e. The van der Waals surface area contributed by atoms with Crippen molar-refractivity contribution in [3.63, 3.8) is 0 Å². The van der Waals surface area contributed by atoms with E-state index >= 15 is 0 Å². The number of hydrogen-bond donors (Lipinski definition) is 2. The number of guanidine groups is 1. The summed E-state index contributed by atoms with van der Waals surface area (Å²) >= 11 is 0. The van der Waals surface area contributed by atoms with Gasteiger partial charge in [0.1, 0.15) is 12.0 Å². The second kappa shape index (κ2) is 10.1. The SMILES string of the molecule is CCNC(=NCC(O)c1cccc(OC)c1)N1CCN(Cc2ccon2)CC1. The summed E-state index contributed by atoms with van der Waals surface area (Å²) in [4.78, 5) is 9.25. The van der Waals surface area contributed by atoms with Crippen LogP contribution >= 0.6 is 0 Å². The summed E-state index contributed by atoms with van der Waals surface area (Å²) in [7, 11) is 1.62. The molecule has 8 heteroatoms. The minimum atomic E-state index is -0.669. The molecule has 2 heterocycles. The first-order chi connectivity index (χ1) is 13.7. The number of aliphatic hydroxyl groups is 1. The molecular weight excluding hydrogens is 358 g/mol. The number of hydrogen-bond acceptors (Lipinski definition) is 6. The van der Waals surface area contributed by atoms with Crippen LogP contribution in [0, 0.1) is 0 Å². The number of rotatable bonds is 7. The van der Waals surface area contributed by atoms with Crippen molar-refractivity contribution < 1.29 is 14.4 Å². The van der Waals surface area contributed by atoms with Crippen LogP contribution in [0.5, 0.6) is 5.75 Å². The zero-order valence-electron chi connectivity index (χ0n) is 16.5. The Kier molecular flexibility index (Phi) is 7.27. The van der Waals surface area contributed by atoms with Gasteiger partial charge in [-0.15, -0.1) is 0 Å². The summed E-state index contributed by atoms with van der Waals surface area (Å²) < 4.78 is 10.1. The predicted octanol–water partition coefficient (Wildman–Crippen LogP) is 1.50. The van der Waals surface area contributed by atoms with Gasteiger partial charge in [-0.1, -0.05) is 17.3 Å². The van der Waals surface area contributed by atoms with E-state index in [0.29, 0.717) is 6.54 Å². The van der Waals surface area contributed by atoms with Gasteiger partial charge in [0.25, 0.3) is 0 Å². The topological polar surface area (TPSA) is 86.4 Å². The molecule has 0 saturated carbocycles. The molecule has 1 unspecified atom stereocenters. The number of nitrogens with zero attached hydrogens (tertiary/aromatic N) is 4. The van der Waals surface area contributed by atoms with E-state index in [1.165, 1.54) is 0 Å². The number of methoxy groups -OCH3 is 1. The molecule has 1 aromatic heterocycles. The van der Waals surface area contributed by atoms with E-state index in [4.69, 9.17) is 9.26 Å². The van der Waals surface area contributed by atoms with Crippen LogP contribution in [-0.4, -0.2) is 72.4 Å². The number of benzene rings is 1. The molecule has 0 aliphatic carbocycles. The van der Waals surface area contributed by atoms with Crippen molar-refractivity contribution in [2.75, 3.05) is 46.4 Å². The van der Waals surface area contributed by atoms with Crippen LogP contribution in [-0.2, 0) is 6.54 Å². The molecule has 1 fully saturated rings. The van der Waals surface area contributed by atoms with Crippen molar-refractivity contribution in [1.82, 2.24) is 20.3 Å². The van der Waals surface area contributed by atoms with Gasteiger partial charge in [0.2, 0.25) is 0 Å². The highest BCUT2D eigenvalue weighted by Crippen LogP contribution is 2.19. The molecule has 1 atom stereocenters. The molecule has 8 nitrogen and oxygen atoms in total. The average Bonchev–Trinajstić information content (AvgIpc) is 3.24. The Balaban J connectivity index is 1.56. The Morgan fingerprint density at radius 2 is 2.14 bits per heavy atom. The third-order valence-electron chi connectivity index (χ3n) is 4.78. The zero-order chi connectivity index (χ0) is 19.8. The minimum absolute atomic E-state index is 0.300. The molecule has 1 aliphatic heterocycles. The number of piperazine rings is 1. The number of aliphatic imine (C=N–C) groups is 1. The van der Waals surface area contributed by atoms with Crippen LogP contribution in [0.3, 0.4) is 0 Å². The van der Waals surface area contributed by atoms with Crippen LogP contribution in [0.1, 0.15) is 24.3 Å². The highest BCUT2D eigenvalue weighted by molar-refractivity contribution is 5.80. The molecule has 0 spiro atoms. The lowest BCUT2D eigenvalue weighted by Gasteiger charge is -2.36. The maximum absolute atomic E-state index is 10.5. The fourth-order valence-corrected chi connectivity index (χ4v) is 3.22. The van der Waals surface area contributed by atoms with Gasteiger partial charge in [-0.05, 0) is 24.6 Å². The second-order valence-corrected chi connectivity index (χ2v) is 6.74. The molecule has 1 saturated heterocycles. The smallest absolute Gasteiger partial charge is 0.194 e. The summed E-state index contributed by atoms with van der Waals surface area (Å²) in [6.45, 7) is 7.53. The molecule has 0 amide bonds. The Labute approximate surface area is 165 Å². The Morgan fingerprint density at radius 1 is 1.32 bits per heavy atom. The van der Waals surface area contributed by atoms with Crippen molar-refractivity contribution in [3.05, 3.63) is 47.9 Å². The summed E-state index contributed by atoms with van der Waals surface area (Å²) in [6.07, 6.45) is 0.937. The van der Waals surface area contributed by atoms with Gasteiger partial charge in [0.15, 0.2) is 5.96 Å². The Bertz CT molecular complexity index is 742. The number of aliphatic hydroxyl groups excluding tert-OH is 1. The van der Waals surface area contributed by atoms with Crippen LogP contribution in [0.2, 0.25) is 0 Å². The fraction of sp³-hybridized carbons (Fsp3) is 0.500. The van der Waals surface area contributed by atoms with Crippen LogP contribution < -0.4 is 10.1 Å². The second-order valence-electron chi connectivity index (χ2n) is 6.74. The van der Waals surface area contributed by atoms with E-state index in [1.54, 1.807) is 13.4 Å². The molecule has 2 aromatic rings. The van der Waals surface area contributed by atoms with E-state index in [0.717, 1.165) is 62.2 Å². The van der Waals surface area contributed by atoms with Gasteiger partial charge in [0.05, 0.1) is 25.5 Å². The average molecular weight is 387 g/mol. The van der Waals surface area contributed by atoms with E-state index in [2.05, 4.69) is 32.2 Å². The molecule has 0 bridgehead atoms. The monoisotopic (exact) mass is 387 g/mol. The van der Waals surface area contributed by atoms with Crippen molar-refractivity contribution in [2.45, 2.75) is 19.6 Å². The summed E-state index contributed by atoms with van der Waals surface area (Å²) in [5, 5.41) is 17.8. The lowest BCUT2D eigenvalue weighted by molar-refractivity contribution is 0.166. The third-order valence-corrected chi connectivity index (χ3v) is 4.78. The van der Waals surface area contributed by atoms with E-state index in [9.17, 15) is 5.11 Å². The summed E-state index contributed by atoms with van der Waals surface area (Å²) in [5.74, 6) is 1.57. The van der Waals surface area contributed by atoms with Gasteiger partial charge in [-0.2, -0.15) is 0 Å². The number of ether oxygens (including phenoxy) is 1. The van der Waals surface area contributed by atoms with Crippen molar-refractivity contribution in [3.8, 4) is 5.75 Å². The van der Waals surface area contributed by atoms with Crippen molar-refractivity contribution in [2.24, 2.45) is 4.99 Å². The normalized spacial score (nSPS) is 16.8. The molecule has 3 rings (SSSR count). The molecular formula is C20H29N5O3. The molecule has 152 valence electrons. The third kappa shape index (κ3) is 5.46. The zero-order valence-corrected chi connectivity index (χ0v) is 16.5. The van der Waals surface area contributed by atoms with Crippen LogP contribution in [0.15, 0.2) is 46.1 Å². The Hall–Kier alpha value is -2.58. The molecule has 1 aliphatic rings. The standard InChI is InChI=1S/C20H29N5O3/c1-3-21-20(22-14-19(26)16-5-4-6-18(13-16)27-2)25-10-8-24(9-11-25)15-17-7-12-28-23-17/h4-7,12-13,19,26H,3,8-11,14-15H2,1-2H3,(H,21,22). The first-order valence-electron chi connectivity index (χ1n) is 9.66. The molecule has 28 heavy (non-hydrogen) atoms. The first-order valence-corrected chi connectivity index (χ1v) is 9.66. The van der Waals surface area contributed by atoms with E-state index < -0.39 is 6.10 Å². The molecule has 1 aromatic carbocycles. The molecule has 0 radical (unpaired) electrons. The number of aromatic nitrogens is 1. The highest BCUT2D eigenvalue weighted by atomic mass is 16.5. The lowest BCUT2D eigenvalue weighted by Crippen LogP contribution is -2.52. The first kappa shape index (κ1) is 20.2.